The van der Waals surface area contributed by atoms with Gasteiger partial charge in [-0.15, -0.1) is 5.11 Å². The van der Waals surface area contributed by atoms with Gasteiger partial charge < -0.3 is 0 Å². The van der Waals surface area contributed by atoms with Crippen molar-refractivity contribution < 1.29 is 0 Å². The highest BCUT2D eigenvalue weighted by molar-refractivity contribution is 6.36. The highest BCUT2D eigenvalue weighted by atomic mass is 35.5. The summed E-state index contributed by atoms with van der Waals surface area (Å²) in [7, 11) is 0. The number of hydrogen-bond acceptors (Lipinski definition) is 3. The number of fused-ring (bicyclic) bond motifs is 1. The van der Waals surface area contributed by atoms with Crippen LogP contribution in [0.2, 0.25) is 5.02 Å². The average molecular weight is 329 g/mol. The van der Waals surface area contributed by atoms with Crippen molar-refractivity contribution in [3.8, 4) is 6.07 Å². The number of benzene rings is 1. The molecule has 3 rings (SSSR count). The molecule has 5 nitrogen and oxygen atoms in total. The number of halogens is 1. The van der Waals surface area contributed by atoms with Crippen molar-refractivity contribution >= 4 is 22.5 Å². The van der Waals surface area contributed by atoms with E-state index in [1.165, 1.54) is 0 Å². The van der Waals surface area contributed by atoms with Gasteiger partial charge in [0.25, 0.3) is 0 Å². The van der Waals surface area contributed by atoms with Gasteiger partial charge in [-0.25, -0.2) is 0 Å². The van der Waals surface area contributed by atoms with Crippen LogP contribution in [-0.2, 0) is 0 Å². The van der Waals surface area contributed by atoms with E-state index in [1.54, 1.807) is 6.20 Å². The van der Waals surface area contributed by atoms with Gasteiger partial charge in [-0.05, 0) is 29.3 Å². The smallest absolute Gasteiger partial charge is 0.171 e. The standard InChI is InChI=1S/C17H19ClN5/c1-4-15(5-2)23(9-7-20-21-23)22-8-6-13-10-14(11-19)12(3)16(18)17(13)22/h6-10,15H,4-5H2,1-3H3/q+1. The lowest BCUT2D eigenvalue weighted by atomic mass is 10.1. The topological polar surface area (TPSA) is 53.4 Å². The number of aromatic nitrogens is 1. The van der Waals surface area contributed by atoms with Crippen LogP contribution in [-0.4, -0.2) is 10.7 Å². The second-order valence-electron chi connectivity index (χ2n) is 5.75. The molecule has 1 atom stereocenters. The summed E-state index contributed by atoms with van der Waals surface area (Å²) < 4.78 is 2.32. The van der Waals surface area contributed by atoms with Crippen LogP contribution in [0, 0.1) is 18.3 Å². The van der Waals surface area contributed by atoms with Gasteiger partial charge in [0.2, 0.25) is 0 Å². The van der Waals surface area contributed by atoms with Gasteiger partial charge in [-0.3, -0.25) is 0 Å². The van der Waals surface area contributed by atoms with Crippen molar-refractivity contribution in [3.05, 3.63) is 46.9 Å². The lowest BCUT2D eigenvalue weighted by Crippen LogP contribution is -2.54. The first-order valence-corrected chi connectivity index (χ1v) is 8.16. The first-order chi connectivity index (χ1) is 11.1. The first-order valence-electron chi connectivity index (χ1n) is 7.78. The van der Waals surface area contributed by atoms with Crippen molar-refractivity contribution in [2.24, 2.45) is 10.3 Å². The predicted molar refractivity (Wildman–Crippen MR) is 92.3 cm³/mol. The van der Waals surface area contributed by atoms with Crippen molar-refractivity contribution in [1.29, 1.82) is 5.26 Å². The van der Waals surface area contributed by atoms with E-state index in [2.05, 4.69) is 34.9 Å². The maximum atomic E-state index is 9.27. The quantitative estimate of drug-likeness (QED) is 0.732. The molecule has 0 saturated heterocycles. The van der Waals surface area contributed by atoms with Gasteiger partial charge in [-0.2, -0.15) is 9.94 Å². The maximum Gasteiger partial charge on any atom is 0.171 e. The normalized spacial score (nSPS) is 19.8. The fourth-order valence-corrected chi connectivity index (χ4v) is 3.60. The van der Waals surface area contributed by atoms with E-state index in [0.29, 0.717) is 10.6 Å². The Balaban J connectivity index is 2.32. The summed E-state index contributed by atoms with van der Waals surface area (Å²) in [5, 5.41) is 19.4. The molecule has 1 aliphatic heterocycles. The molecular formula is C17H19ClN5+. The molecule has 0 spiro atoms. The van der Waals surface area contributed by atoms with E-state index in [4.69, 9.17) is 11.6 Å². The second-order valence-corrected chi connectivity index (χ2v) is 6.12. The number of nitrogens with zero attached hydrogens (tertiary/aromatic N) is 5. The summed E-state index contributed by atoms with van der Waals surface area (Å²) in [6, 6.07) is 6.33. The molecule has 0 amide bonds. The molecular weight excluding hydrogens is 310 g/mol. The van der Waals surface area contributed by atoms with Gasteiger partial charge in [0, 0.05) is 18.2 Å². The van der Waals surface area contributed by atoms with Crippen LogP contribution in [0.4, 0.5) is 0 Å². The summed E-state index contributed by atoms with van der Waals surface area (Å²) in [5.41, 5.74) is 2.29. The Morgan fingerprint density at radius 2 is 2.13 bits per heavy atom. The second kappa shape index (κ2) is 5.80. The Kier molecular flexibility index (Phi) is 3.97. The lowest BCUT2D eigenvalue weighted by Gasteiger charge is -2.32. The third kappa shape index (κ3) is 2.18. The van der Waals surface area contributed by atoms with Crippen LogP contribution in [0.15, 0.2) is 41.1 Å². The highest BCUT2D eigenvalue weighted by Crippen LogP contribution is 2.35. The van der Waals surface area contributed by atoms with E-state index in [1.807, 2.05) is 31.5 Å². The van der Waals surface area contributed by atoms with Gasteiger partial charge in [-0.1, -0.05) is 25.4 Å². The maximum absolute atomic E-state index is 9.27. The summed E-state index contributed by atoms with van der Waals surface area (Å²) >= 11 is 6.61. The predicted octanol–water partition coefficient (Wildman–Crippen LogP) is 4.95. The Labute approximate surface area is 140 Å². The average Bonchev–Trinajstić information content (AvgIpc) is 3.19. The molecule has 1 aromatic carbocycles. The van der Waals surface area contributed by atoms with Gasteiger partial charge in [0.15, 0.2) is 6.20 Å². The first kappa shape index (κ1) is 15.7. The third-order valence-corrected chi connectivity index (χ3v) is 5.09. The highest BCUT2D eigenvalue weighted by Gasteiger charge is 2.41. The van der Waals surface area contributed by atoms with Crippen LogP contribution in [0.5, 0.6) is 0 Å². The van der Waals surface area contributed by atoms with Crippen LogP contribution in [0.3, 0.4) is 0 Å². The number of nitriles is 1. The van der Waals surface area contributed by atoms with Crippen molar-refractivity contribution in [3.63, 3.8) is 0 Å². The Hall–Kier alpha value is -2.16. The monoisotopic (exact) mass is 328 g/mol. The van der Waals surface area contributed by atoms with E-state index in [0.717, 1.165) is 29.3 Å². The van der Waals surface area contributed by atoms with Crippen molar-refractivity contribution in [1.82, 2.24) is 9.38 Å². The molecule has 1 aromatic heterocycles. The van der Waals surface area contributed by atoms with Crippen LogP contribution >= 0.6 is 11.6 Å². The number of quaternary nitrogens is 1. The zero-order chi connectivity index (χ0) is 16.6. The molecule has 0 radical (unpaired) electrons. The molecule has 1 aliphatic rings. The largest absolute Gasteiger partial charge is 0.192 e. The minimum absolute atomic E-state index is 0.264. The SMILES string of the molecule is CCC(CC)[N+]1(n2ccc3cc(C#N)c(C)c(Cl)c32)C=CN=N1. The molecule has 118 valence electrons. The fourth-order valence-electron chi connectivity index (χ4n) is 3.31. The van der Waals surface area contributed by atoms with Crippen LogP contribution < -0.4 is 4.70 Å². The Morgan fingerprint density at radius 1 is 1.39 bits per heavy atom. The van der Waals surface area contributed by atoms with E-state index >= 15 is 0 Å². The van der Waals surface area contributed by atoms with E-state index < -0.39 is 0 Å². The molecule has 1 unspecified atom stereocenters. The summed E-state index contributed by atoms with van der Waals surface area (Å²) in [6.07, 6.45) is 7.62. The Morgan fingerprint density at radius 3 is 2.70 bits per heavy atom. The van der Waals surface area contributed by atoms with Gasteiger partial charge in [0.1, 0.15) is 17.8 Å². The van der Waals surface area contributed by atoms with Crippen LogP contribution in [0.1, 0.15) is 37.8 Å². The summed E-state index contributed by atoms with van der Waals surface area (Å²) in [5.74, 6) is 0. The molecule has 0 fully saturated rings. The van der Waals surface area contributed by atoms with Crippen molar-refractivity contribution in [2.45, 2.75) is 39.7 Å². The van der Waals surface area contributed by atoms with Gasteiger partial charge in [0.05, 0.1) is 28.1 Å². The van der Waals surface area contributed by atoms with Crippen LogP contribution in [0.25, 0.3) is 10.9 Å². The molecule has 2 heterocycles. The molecule has 6 heteroatoms. The molecule has 0 N–H and O–H groups in total. The molecule has 2 aromatic rings. The summed E-state index contributed by atoms with van der Waals surface area (Å²) in [6.45, 7) is 6.19. The molecule has 23 heavy (non-hydrogen) atoms. The van der Waals surface area contributed by atoms with Gasteiger partial charge >= 0.3 is 0 Å². The molecule has 0 aliphatic carbocycles. The van der Waals surface area contributed by atoms with E-state index in [9.17, 15) is 5.26 Å². The third-order valence-electron chi connectivity index (χ3n) is 4.63. The molecule has 0 bridgehead atoms. The zero-order valence-corrected chi connectivity index (χ0v) is 14.2. The number of hydrogen-bond donors (Lipinski definition) is 0. The lowest BCUT2D eigenvalue weighted by molar-refractivity contribution is 0.130. The van der Waals surface area contributed by atoms with E-state index in [-0.39, 0.29) is 10.7 Å². The number of rotatable bonds is 4. The fraction of sp³-hybridized carbons (Fsp3) is 0.353. The zero-order valence-electron chi connectivity index (χ0n) is 13.5. The minimum Gasteiger partial charge on any atom is -0.192 e. The summed E-state index contributed by atoms with van der Waals surface area (Å²) in [4.78, 5) is 0. The minimum atomic E-state index is 0.264. The Bertz CT molecular complexity index is 840. The van der Waals surface area contributed by atoms with Crippen molar-refractivity contribution in [2.75, 3.05) is 0 Å². The molecule has 0 saturated carbocycles.